The van der Waals surface area contributed by atoms with Gasteiger partial charge in [0.1, 0.15) is 0 Å². The van der Waals surface area contributed by atoms with Crippen LogP contribution in [-0.2, 0) is 6.61 Å². The van der Waals surface area contributed by atoms with Gasteiger partial charge < -0.3 is 15.7 Å². The normalized spacial score (nSPS) is 20.0. The molecule has 0 bridgehead atoms. The van der Waals surface area contributed by atoms with Gasteiger partial charge in [-0.3, -0.25) is 0 Å². The Morgan fingerprint density at radius 2 is 2.38 bits per heavy atom. The molecule has 3 N–H and O–H groups in total. The van der Waals surface area contributed by atoms with Crippen LogP contribution in [0.15, 0.2) is 18.2 Å². The predicted octanol–water partition coefficient (Wildman–Crippen LogP) is 1.40. The first-order valence-corrected chi connectivity index (χ1v) is 4.54. The SMILES string of the molecule is CC1CNc2c(CO)cccc2N1. The molecule has 1 unspecified atom stereocenters. The summed E-state index contributed by atoms with van der Waals surface area (Å²) < 4.78 is 0. The van der Waals surface area contributed by atoms with Crippen molar-refractivity contribution in [1.29, 1.82) is 0 Å². The fourth-order valence-electron chi connectivity index (χ4n) is 1.63. The summed E-state index contributed by atoms with van der Waals surface area (Å²) in [6.07, 6.45) is 0. The number of benzene rings is 1. The lowest BCUT2D eigenvalue weighted by molar-refractivity contribution is 0.282. The van der Waals surface area contributed by atoms with Crippen LogP contribution in [0.2, 0.25) is 0 Å². The van der Waals surface area contributed by atoms with Crippen LogP contribution in [-0.4, -0.2) is 17.7 Å². The molecule has 0 saturated heterocycles. The monoisotopic (exact) mass is 178 g/mol. The number of aliphatic hydroxyl groups is 1. The molecule has 0 fully saturated rings. The summed E-state index contributed by atoms with van der Waals surface area (Å²) in [5.74, 6) is 0. The molecule has 3 heteroatoms. The molecule has 0 amide bonds. The van der Waals surface area contributed by atoms with Gasteiger partial charge in [-0.1, -0.05) is 12.1 Å². The maximum absolute atomic E-state index is 9.09. The van der Waals surface area contributed by atoms with E-state index in [2.05, 4.69) is 17.6 Å². The molecule has 0 saturated carbocycles. The van der Waals surface area contributed by atoms with Crippen molar-refractivity contribution >= 4 is 11.4 Å². The largest absolute Gasteiger partial charge is 0.392 e. The third-order valence-electron chi connectivity index (χ3n) is 2.31. The second kappa shape index (κ2) is 3.26. The van der Waals surface area contributed by atoms with Gasteiger partial charge in [0.2, 0.25) is 0 Å². The fraction of sp³-hybridized carbons (Fsp3) is 0.400. The summed E-state index contributed by atoms with van der Waals surface area (Å²) in [6, 6.07) is 6.36. The number of rotatable bonds is 1. The Morgan fingerprint density at radius 1 is 1.54 bits per heavy atom. The van der Waals surface area contributed by atoms with Crippen molar-refractivity contribution < 1.29 is 5.11 Å². The van der Waals surface area contributed by atoms with Gasteiger partial charge in [-0.05, 0) is 13.0 Å². The summed E-state index contributed by atoms with van der Waals surface area (Å²) in [6.45, 7) is 3.12. The van der Waals surface area contributed by atoms with Crippen molar-refractivity contribution in [3.8, 4) is 0 Å². The summed E-state index contributed by atoms with van der Waals surface area (Å²) in [7, 11) is 0. The second-order valence-electron chi connectivity index (χ2n) is 3.42. The number of fused-ring (bicyclic) bond motifs is 1. The molecule has 0 spiro atoms. The molecule has 1 aromatic carbocycles. The molecule has 0 radical (unpaired) electrons. The van der Waals surface area contributed by atoms with Crippen molar-refractivity contribution in [2.45, 2.75) is 19.6 Å². The fourth-order valence-corrected chi connectivity index (χ4v) is 1.63. The van der Waals surface area contributed by atoms with Crippen LogP contribution in [0, 0.1) is 0 Å². The van der Waals surface area contributed by atoms with E-state index < -0.39 is 0 Å². The standard InChI is InChI=1S/C10H14N2O/c1-7-5-11-10-8(6-13)3-2-4-9(10)12-7/h2-4,7,11-13H,5-6H2,1H3. The smallest absolute Gasteiger partial charge is 0.0702 e. The Hall–Kier alpha value is -1.22. The first kappa shape index (κ1) is 8.38. The topological polar surface area (TPSA) is 44.3 Å². The van der Waals surface area contributed by atoms with E-state index in [0.717, 1.165) is 23.5 Å². The first-order chi connectivity index (χ1) is 6.31. The lowest BCUT2D eigenvalue weighted by Gasteiger charge is -2.27. The van der Waals surface area contributed by atoms with Gasteiger partial charge >= 0.3 is 0 Å². The first-order valence-electron chi connectivity index (χ1n) is 4.54. The molecule has 2 rings (SSSR count). The lowest BCUT2D eigenvalue weighted by Crippen LogP contribution is -2.30. The quantitative estimate of drug-likeness (QED) is 0.609. The van der Waals surface area contributed by atoms with E-state index in [1.807, 2.05) is 18.2 Å². The predicted molar refractivity (Wildman–Crippen MR) is 53.9 cm³/mol. The highest BCUT2D eigenvalue weighted by Gasteiger charge is 2.14. The number of anilines is 2. The van der Waals surface area contributed by atoms with Crippen LogP contribution in [0.1, 0.15) is 12.5 Å². The number of para-hydroxylation sites is 1. The zero-order chi connectivity index (χ0) is 9.26. The molecule has 3 nitrogen and oxygen atoms in total. The van der Waals surface area contributed by atoms with Crippen LogP contribution in [0.5, 0.6) is 0 Å². The van der Waals surface area contributed by atoms with Crippen LogP contribution in [0.4, 0.5) is 11.4 Å². The van der Waals surface area contributed by atoms with Gasteiger partial charge in [0, 0.05) is 18.2 Å². The molecule has 0 aliphatic carbocycles. The Kier molecular flexibility index (Phi) is 2.10. The number of aliphatic hydroxyl groups excluding tert-OH is 1. The van der Waals surface area contributed by atoms with Crippen LogP contribution in [0.3, 0.4) is 0 Å². The van der Waals surface area contributed by atoms with E-state index in [1.54, 1.807) is 0 Å². The molecule has 1 aromatic rings. The van der Waals surface area contributed by atoms with Gasteiger partial charge in [-0.15, -0.1) is 0 Å². The van der Waals surface area contributed by atoms with Gasteiger partial charge in [0.25, 0.3) is 0 Å². The Balaban J connectivity index is 2.39. The van der Waals surface area contributed by atoms with Crippen molar-refractivity contribution in [2.24, 2.45) is 0 Å². The highest BCUT2D eigenvalue weighted by molar-refractivity contribution is 5.74. The van der Waals surface area contributed by atoms with E-state index >= 15 is 0 Å². The minimum Gasteiger partial charge on any atom is -0.392 e. The van der Waals surface area contributed by atoms with Crippen molar-refractivity contribution in [3.63, 3.8) is 0 Å². The zero-order valence-corrected chi connectivity index (χ0v) is 7.67. The van der Waals surface area contributed by atoms with Gasteiger partial charge in [0.15, 0.2) is 0 Å². The van der Waals surface area contributed by atoms with E-state index in [9.17, 15) is 0 Å². The summed E-state index contributed by atoms with van der Waals surface area (Å²) in [5, 5.41) is 15.8. The maximum atomic E-state index is 9.09. The number of hydrogen-bond donors (Lipinski definition) is 3. The molecule has 1 atom stereocenters. The molecule has 13 heavy (non-hydrogen) atoms. The van der Waals surface area contributed by atoms with Gasteiger partial charge in [-0.25, -0.2) is 0 Å². The van der Waals surface area contributed by atoms with E-state index in [0.29, 0.717) is 6.04 Å². The summed E-state index contributed by atoms with van der Waals surface area (Å²) >= 11 is 0. The maximum Gasteiger partial charge on any atom is 0.0702 e. The molecule has 1 aliphatic heterocycles. The van der Waals surface area contributed by atoms with E-state index in [-0.39, 0.29) is 6.61 Å². The highest BCUT2D eigenvalue weighted by atomic mass is 16.3. The Bertz CT molecular complexity index is 312. The molecule has 0 aromatic heterocycles. The molecular formula is C10H14N2O. The Labute approximate surface area is 77.8 Å². The molecule has 1 aliphatic rings. The lowest BCUT2D eigenvalue weighted by atomic mass is 10.1. The van der Waals surface area contributed by atoms with Crippen LogP contribution >= 0.6 is 0 Å². The van der Waals surface area contributed by atoms with E-state index in [1.165, 1.54) is 0 Å². The average molecular weight is 178 g/mol. The van der Waals surface area contributed by atoms with Crippen LogP contribution in [0.25, 0.3) is 0 Å². The molecule has 70 valence electrons. The number of nitrogens with one attached hydrogen (secondary N) is 2. The summed E-state index contributed by atoms with van der Waals surface area (Å²) in [4.78, 5) is 0. The Morgan fingerprint density at radius 3 is 3.15 bits per heavy atom. The zero-order valence-electron chi connectivity index (χ0n) is 7.67. The second-order valence-corrected chi connectivity index (χ2v) is 3.42. The van der Waals surface area contributed by atoms with Gasteiger partial charge in [-0.2, -0.15) is 0 Å². The van der Waals surface area contributed by atoms with Crippen molar-refractivity contribution in [3.05, 3.63) is 23.8 Å². The molecule has 1 heterocycles. The minimum atomic E-state index is 0.0895. The van der Waals surface area contributed by atoms with Gasteiger partial charge in [0.05, 0.1) is 18.0 Å². The van der Waals surface area contributed by atoms with Crippen LogP contribution < -0.4 is 10.6 Å². The third kappa shape index (κ3) is 1.47. The van der Waals surface area contributed by atoms with Crippen molar-refractivity contribution in [1.82, 2.24) is 0 Å². The van der Waals surface area contributed by atoms with E-state index in [4.69, 9.17) is 5.11 Å². The number of hydrogen-bond acceptors (Lipinski definition) is 3. The van der Waals surface area contributed by atoms with Crippen molar-refractivity contribution in [2.75, 3.05) is 17.2 Å². The highest BCUT2D eigenvalue weighted by Crippen LogP contribution is 2.29. The third-order valence-corrected chi connectivity index (χ3v) is 2.31. The molecular weight excluding hydrogens is 164 g/mol. The summed E-state index contributed by atoms with van der Waals surface area (Å²) in [5.41, 5.74) is 3.09. The average Bonchev–Trinajstić information content (AvgIpc) is 2.16. The minimum absolute atomic E-state index is 0.0895.